The van der Waals surface area contributed by atoms with Crippen LogP contribution in [-0.2, 0) is 6.42 Å². The number of hydrogen-bond acceptors (Lipinski definition) is 1. The zero-order valence-corrected chi connectivity index (χ0v) is 15.8. The highest BCUT2D eigenvalue weighted by atomic mass is 19.3. The highest BCUT2D eigenvalue weighted by molar-refractivity contribution is 5.28. The van der Waals surface area contributed by atoms with Crippen LogP contribution in [0.25, 0.3) is 0 Å². The highest BCUT2D eigenvalue weighted by Crippen LogP contribution is 2.45. The van der Waals surface area contributed by atoms with E-state index in [0.29, 0.717) is 25.4 Å². The zero-order chi connectivity index (χ0) is 18.0. The van der Waals surface area contributed by atoms with Crippen molar-refractivity contribution in [1.29, 1.82) is 0 Å². The van der Waals surface area contributed by atoms with E-state index >= 15 is 0 Å². The maximum Gasteiger partial charge on any atom is 0.248 e. The van der Waals surface area contributed by atoms with Gasteiger partial charge in [-0.3, -0.25) is 0 Å². The van der Waals surface area contributed by atoms with Gasteiger partial charge in [0.05, 0.1) is 6.61 Å². The third kappa shape index (κ3) is 5.75. The van der Waals surface area contributed by atoms with Gasteiger partial charge in [0.2, 0.25) is 5.92 Å². The van der Waals surface area contributed by atoms with Crippen LogP contribution < -0.4 is 4.74 Å². The SMILES string of the molecule is CC(C)(C)COc1ccc(CC(C)(C)C2CCC(F)(F)CC2)cc1. The quantitative estimate of drug-likeness (QED) is 0.595. The lowest BCUT2D eigenvalue weighted by Crippen LogP contribution is -2.34. The molecule has 1 aliphatic carbocycles. The fraction of sp³-hybridized carbons (Fsp3) is 0.714. The Morgan fingerprint density at radius 2 is 1.54 bits per heavy atom. The maximum absolute atomic E-state index is 13.4. The summed E-state index contributed by atoms with van der Waals surface area (Å²) in [6.45, 7) is 11.6. The van der Waals surface area contributed by atoms with E-state index in [0.717, 1.165) is 12.2 Å². The van der Waals surface area contributed by atoms with Gasteiger partial charge in [0.1, 0.15) is 5.75 Å². The highest BCUT2D eigenvalue weighted by Gasteiger charge is 2.40. The molecule has 0 heterocycles. The molecule has 1 aromatic carbocycles. The molecule has 1 aliphatic rings. The largest absolute Gasteiger partial charge is 0.493 e. The molecule has 1 fully saturated rings. The summed E-state index contributed by atoms with van der Waals surface area (Å²) < 4.78 is 32.6. The van der Waals surface area contributed by atoms with Crippen LogP contribution in [0.5, 0.6) is 5.75 Å². The number of halogens is 2. The molecule has 1 nitrogen and oxygen atoms in total. The van der Waals surface area contributed by atoms with Crippen LogP contribution in [0.4, 0.5) is 8.78 Å². The van der Waals surface area contributed by atoms with E-state index in [2.05, 4.69) is 46.8 Å². The predicted octanol–water partition coefficient (Wildman–Crippen LogP) is 6.51. The molecular weight excluding hydrogens is 306 g/mol. The lowest BCUT2D eigenvalue weighted by atomic mass is 9.67. The fourth-order valence-corrected chi connectivity index (χ4v) is 3.50. The monoisotopic (exact) mass is 338 g/mol. The van der Waals surface area contributed by atoms with Gasteiger partial charge in [0.15, 0.2) is 0 Å². The first-order valence-corrected chi connectivity index (χ1v) is 9.07. The molecule has 0 radical (unpaired) electrons. The van der Waals surface area contributed by atoms with E-state index in [-0.39, 0.29) is 23.7 Å². The van der Waals surface area contributed by atoms with Crippen LogP contribution in [-0.4, -0.2) is 12.5 Å². The molecule has 3 heteroatoms. The van der Waals surface area contributed by atoms with Crippen molar-refractivity contribution < 1.29 is 13.5 Å². The molecule has 0 aromatic heterocycles. The lowest BCUT2D eigenvalue weighted by molar-refractivity contribution is -0.0601. The Morgan fingerprint density at radius 1 is 1.00 bits per heavy atom. The summed E-state index contributed by atoms with van der Waals surface area (Å²) >= 11 is 0. The Hall–Kier alpha value is -1.12. The molecule has 136 valence electrons. The van der Waals surface area contributed by atoms with Crippen molar-refractivity contribution in [2.45, 2.75) is 72.6 Å². The molecule has 0 unspecified atom stereocenters. The molecule has 0 aliphatic heterocycles. The summed E-state index contributed by atoms with van der Waals surface area (Å²) in [6, 6.07) is 8.26. The molecule has 24 heavy (non-hydrogen) atoms. The number of benzene rings is 1. The van der Waals surface area contributed by atoms with E-state index < -0.39 is 5.92 Å². The molecule has 0 bridgehead atoms. The van der Waals surface area contributed by atoms with E-state index in [4.69, 9.17) is 4.74 Å². The summed E-state index contributed by atoms with van der Waals surface area (Å²) in [5, 5.41) is 0. The Labute approximate surface area is 145 Å². The van der Waals surface area contributed by atoms with Crippen molar-refractivity contribution in [2.24, 2.45) is 16.7 Å². The summed E-state index contributed by atoms with van der Waals surface area (Å²) in [5.41, 5.74) is 1.44. The topological polar surface area (TPSA) is 9.23 Å². The standard InChI is InChI=1S/C21H32F2O/c1-19(2,3)15-24-18-8-6-16(7-9-18)14-20(4,5)17-10-12-21(22,23)13-11-17/h6-9,17H,10-15H2,1-5H3. The van der Waals surface area contributed by atoms with Gasteiger partial charge < -0.3 is 4.74 Å². The Morgan fingerprint density at radius 3 is 2.04 bits per heavy atom. The molecule has 0 spiro atoms. The van der Waals surface area contributed by atoms with Gasteiger partial charge >= 0.3 is 0 Å². The van der Waals surface area contributed by atoms with Crippen molar-refractivity contribution in [3.8, 4) is 5.75 Å². The van der Waals surface area contributed by atoms with Gasteiger partial charge in [-0.15, -0.1) is 0 Å². The van der Waals surface area contributed by atoms with Crippen LogP contribution in [0.2, 0.25) is 0 Å². The average molecular weight is 338 g/mol. The van der Waals surface area contributed by atoms with Gasteiger partial charge in [-0.05, 0) is 53.7 Å². The van der Waals surface area contributed by atoms with Gasteiger partial charge in [-0.1, -0.05) is 46.8 Å². The summed E-state index contributed by atoms with van der Waals surface area (Å²) in [7, 11) is 0. The van der Waals surface area contributed by atoms with Crippen LogP contribution in [0.1, 0.15) is 65.9 Å². The minimum Gasteiger partial charge on any atom is -0.493 e. The zero-order valence-electron chi connectivity index (χ0n) is 15.8. The Kier molecular flexibility index (Phi) is 5.61. The van der Waals surface area contributed by atoms with Crippen molar-refractivity contribution in [2.75, 3.05) is 6.61 Å². The van der Waals surface area contributed by atoms with Crippen LogP contribution >= 0.6 is 0 Å². The third-order valence-corrected chi connectivity index (χ3v) is 5.08. The van der Waals surface area contributed by atoms with Crippen molar-refractivity contribution >= 4 is 0 Å². The maximum atomic E-state index is 13.4. The van der Waals surface area contributed by atoms with Crippen LogP contribution in [0.15, 0.2) is 24.3 Å². The van der Waals surface area contributed by atoms with Crippen molar-refractivity contribution in [1.82, 2.24) is 0 Å². The number of ether oxygens (including phenoxy) is 1. The van der Waals surface area contributed by atoms with E-state index in [1.807, 2.05) is 12.1 Å². The molecular formula is C21H32F2O. The normalized spacial score (nSPS) is 19.3. The van der Waals surface area contributed by atoms with E-state index in [9.17, 15) is 8.78 Å². The second-order valence-corrected chi connectivity index (χ2v) is 9.29. The Bertz CT molecular complexity index is 516. The number of alkyl halides is 2. The first kappa shape index (κ1) is 19.2. The summed E-state index contributed by atoms with van der Waals surface area (Å²) in [4.78, 5) is 0. The molecule has 1 saturated carbocycles. The van der Waals surface area contributed by atoms with Gasteiger partial charge in [-0.2, -0.15) is 0 Å². The first-order chi connectivity index (χ1) is 11.0. The molecule has 0 saturated heterocycles. The van der Waals surface area contributed by atoms with Gasteiger partial charge in [-0.25, -0.2) is 8.78 Å². The van der Waals surface area contributed by atoms with Gasteiger partial charge in [0.25, 0.3) is 0 Å². The molecule has 0 amide bonds. The minimum absolute atomic E-state index is 0.0423. The number of rotatable bonds is 5. The van der Waals surface area contributed by atoms with E-state index in [1.165, 1.54) is 5.56 Å². The third-order valence-electron chi connectivity index (χ3n) is 5.08. The van der Waals surface area contributed by atoms with Crippen LogP contribution in [0, 0.1) is 16.7 Å². The molecule has 0 N–H and O–H groups in total. The fourth-order valence-electron chi connectivity index (χ4n) is 3.50. The average Bonchev–Trinajstić information content (AvgIpc) is 2.45. The summed E-state index contributed by atoms with van der Waals surface area (Å²) in [6.07, 6.45) is 2.27. The van der Waals surface area contributed by atoms with Crippen molar-refractivity contribution in [3.63, 3.8) is 0 Å². The smallest absolute Gasteiger partial charge is 0.248 e. The lowest BCUT2D eigenvalue weighted by Gasteiger charge is -2.39. The molecule has 1 aromatic rings. The second-order valence-electron chi connectivity index (χ2n) is 9.29. The van der Waals surface area contributed by atoms with Gasteiger partial charge in [0, 0.05) is 12.8 Å². The number of hydrogen-bond donors (Lipinski definition) is 0. The van der Waals surface area contributed by atoms with Crippen molar-refractivity contribution in [3.05, 3.63) is 29.8 Å². The second kappa shape index (κ2) is 7.01. The molecule has 2 rings (SSSR count). The minimum atomic E-state index is -2.45. The van der Waals surface area contributed by atoms with E-state index in [1.54, 1.807) is 0 Å². The van der Waals surface area contributed by atoms with Crippen LogP contribution in [0.3, 0.4) is 0 Å². The molecule has 0 atom stereocenters. The Balaban J connectivity index is 1.92. The first-order valence-electron chi connectivity index (χ1n) is 9.07. The summed E-state index contributed by atoms with van der Waals surface area (Å²) in [5.74, 6) is -1.18. The predicted molar refractivity (Wildman–Crippen MR) is 95.8 cm³/mol.